The lowest BCUT2D eigenvalue weighted by Gasteiger charge is -2.19. The second kappa shape index (κ2) is 11.9. The van der Waals surface area contributed by atoms with Gasteiger partial charge in [0, 0.05) is 30.8 Å². The molecule has 3 rings (SSSR count). The van der Waals surface area contributed by atoms with E-state index in [9.17, 15) is 22.8 Å². The zero-order chi connectivity index (χ0) is 24.6. The van der Waals surface area contributed by atoms with Crippen LogP contribution in [-0.4, -0.2) is 50.1 Å². The van der Waals surface area contributed by atoms with Crippen molar-refractivity contribution in [3.05, 3.63) is 59.7 Å². The van der Waals surface area contributed by atoms with Gasteiger partial charge >= 0.3 is 5.97 Å². The van der Waals surface area contributed by atoms with Gasteiger partial charge in [-0.25, -0.2) is 13.2 Å². The summed E-state index contributed by atoms with van der Waals surface area (Å²) in [5, 5.41) is 2.74. The maximum absolute atomic E-state index is 12.9. The largest absolute Gasteiger partial charge is 0.454 e. The maximum atomic E-state index is 12.9. The maximum Gasteiger partial charge on any atom is 0.338 e. The first kappa shape index (κ1) is 25.6. The Morgan fingerprint density at radius 1 is 0.882 bits per heavy atom. The molecule has 9 heteroatoms. The fourth-order valence-electron chi connectivity index (χ4n) is 3.68. The van der Waals surface area contributed by atoms with Gasteiger partial charge in [-0.3, -0.25) is 9.59 Å². The number of carbonyl (C=O) groups is 3. The van der Waals surface area contributed by atoms with E-state index in [0.29, 0.717) is 30.8 Å². The van der Waals surface area contributed by atoms with E-state index in [1.165, 1.54) is 28.6 Å². The lowest BCUT2D eigenvalue weighted by molar-refractivity contribution is -0.116. The summed E-state index contributed by atoms with van der Waals surface area (Å²) in [4.78, 5) is 36.5. The number of carbonyl (C=O) groups excluding carboxylic acids is 3. The molecule has 1 aliphatic rings. The van der Waals surface area contributed by atoms with Crippen molar-refractivity contribution in [1.82, 2.24) is 4.31 Å². The van der Waals surface area contributed by atoms with Crippen LogP contribution in [0.15, 0.2) is 53.4 Å². The summed E-state index contributed by atoms with van der Waals surface area (Å²) in [5.41, 5.74) is 1.10. The quantitative estimate of drug-likeness (QED) is 0.423. The Balaban J connectivity index is 1.55. The molecule has 34 heavy (non-hydrogen) atoms. The van der Waals surface area contributed by atoms with E-state index in [4.69, 9.17) is 4.74 Å². The molecule has 1 fully saturated rings. The number of rotatable bonds is 9. The molecule has 1 saturated heterocycles. The molecule has 0 aromatic heterocycles. The molecule has 1 N–H and O–H groups in total. The fourth-order valence-corrected chi connectivity index (χ4v) is 5.20. The second-order valence-electron chi connectivity index (χ2n) is 8.22. The third kappa shape index (κ3) is 6.74. The molecule has 2 aromatic rings. The Labute approximate surface area is 200 Å². The highest BCUT2D eigenvalue weighted by Gasteiger charge is 2.25. The molecule has 1 aliphatic heterocycles. The van der Waals surface area contributed by atoms with Crippen molar-refractivity contribution in [1.29, 1.82) is 0 Å². The zero-order valence-electron chi connectivity index (χ0n) is 19.3. The molecule has 1 heterocycles. The van der Waals surface area contributed by atoms with Gasteiger partial charge in [0.25, 0.3) is 0 Å². The Morgan fingerprint density at radius 2 is 1.47 bits per heavy atom. The average molecular weight is 487 g/mol. The molecule has 0 radical (unpaired) electrons. The lowest BCUT2D eigenvalue weighted by Crippen LogP contribution is -2.31. The van der Waals surface area contributed by atoms with E-state index in [1.807, 2.05) is 6.92 Å². The topological polar surface area (TPSA) is 110 Å². The smallest absolute Gasteiger partial charge is 0.338 e. The van der Waals surface area contributed by atoms with E-state index >= 15 is 0 Å². The molecule has 0 aliphatic carbocycles. The molecular formula is C25H30N2O6S. The molecule has 0 saturated carbocycles. The number of anilines is 1. The molecule has 1 amide bonds. The Kier molecular flexibility index (Phi) is 8.95. The predicted molar refractivity (Wildman–Crippen MR) is 128 cm³/mol. The first-order valence-corrected chi connectivity index (χ1v) is 13.0. The van der Waals surface area contributed by atoms with Gasteiger partial charge in [0.2, 0.25) is 15.9 Å². The van der Waals surface area contributed by atoms with Crippen LogP contribution in [-0.2, 0) is 19.6 Å². The second-order valence-corrected chi connectivity index (χ2v) is 10.2. The van der Waals surface area contributed by atoms with E-state index in [2.05, 4.69) is 5.32 Å². The van der Waals surface area contributed by atoms with Crippen molar-refractivity contribution in [2.75, 3.05) is 25.0 Å². The first-order valence-electron chi connectivity index (χ1n) is 11.5. The van der Waals surface area contributed by atoms with Crippen molar-refractivity contribution in [3.63, 3.8) is 0 Å². The lowest BCUT2D eigenvalue weighted by atomic mass is 10.1. The summed E-state index contributed by atoms with van der Waals surface area (Å²) in [6.45, 7) is 2.46. The van der Waals surface area contributed by atoms with Gasteiger partial charge in [-0.2, -0.15) is 4.31 Å². The third-order valence-electron chi connectivity index (χ3n) is 5.59. The van der Waals surface area contributed by atoms with Gasteiger partial charge < -0.3 is 10.1 Å². The number of benzene rings is 2. The number of ether oxygens (including phenoxy) is 1. The minimum atomic E-state index is -3.60. The summed E-state index contributed by atoms with van der Waals surface area (Å²) in [5.74, 6) is -1.20. The number of ketones is 1. The SMILES string of the molecule is CCCC(=O)Nc1ccc(C(=O)COC(=O)c2ccc(S(=O)(=O)N3CCCCCC3)cc2)cc1. The number of sulfonamides is 1. The Hall–Kier alpha value is -3.04. The van der Waals surface area contributed by atoms with Gasteiger partial charge in [0.15, 0.2) is 12.4 Å². The summed E-state index contributed by atoms with van der Waals surface area (Å²) in [6.07, 6.45) is 4.89. The molecule has 0 atom stereocenters. The average Bonchev–Trinajstić information content (AvgIpc) is 3.13. The normalized spacial score (nSPS) is 14.7. The number of nitrogens with one attached hydrogen (secondary N) is 1. The first-order chi connectivity index (χ1) is 16.3. The summed E-state index contributed by atoms with van der Waals surface area (Å²) in [7, 11) is -3.60. The van der Waals surface area contributed by atoms with Crippen LogP contribution < -0.4 is 5.32 Å². The van der Waals surface area contributed by atoms with E-state index < -0.39 is 22.6 Å². The molecule has 0 spiro atoms. The fraction of sp³-hybridized carbons (Fsp3) is 0.400. The van der Waals surface area contributed by atoms with Crippen LogP contribution in [0.1, 0.15) is 66.2 Å². The molecule has 0 bridgehead atoms. The Morgan fingerprint density at radius 3 is 2.06 bits per heavy atom. The number of nitrogens with zero attached hydrogens (tertiary/aromatic N) is 1. The van der Waals surface area contributed by atoms with Crippen molar-refractivity contribution < 1.29 is 27.5 Å². The van der Waals surface area contributed by atoms with Gasteiger partial charge in [-0.15, -0.1) is 0 Å². The van der Waals surface area contributed by atoms with Gasteiger partial charge in [-0.05, 0) is 67.8 Å². The number of amides is 1. The van der Waals surface area contributed by atoms with Gasteiger partial charge in [-0.1, -0.05) is 19.8 Å². The van der Waals surface area contributed by atoms with Crippen LogP contribution in [0.25, 0.3) is 0 Å². The van der Waals surface area contributed by atoms with Crippen LogP contribution in [0.2, 0.25) is 0 Å². The number of hydrogen-bond acceptors (Lipinski definition) is 6. The van der Waals surface area contributed by atoms with Crippen molar-refractivity contribution in [2.24, 2.45) is 0 Å². The Bertz CT molecular complexity index is 1100. The van der Waals surface area contributed by atoms with Crippen molar-refractivity contribution in [3.8, 4) is 0 Å². The summed E-state index contributed by atoms with van der Waals surface area (Å²) in [6, 6.07) is 11.9. The molecular weight excluding hydrogens is 456 g/mol. The van der Waals surface area contributed by atoms with Crippen molar-refractivity contribution in [2.45, 2.75) is 50.3 Å². The van der Waals surface area contributed by atoms with Crippen molar-refractivity contribution >= 4 is 33.4 Å². The highest BCUT2D eigenvalue weighted by atomic mass is 32.2. The van der Waals surface area contributed by atoms with Crippen LogP contribution in [0.5, 0.6) is 0 Å². The van der Waals surface area contributed by atoms with E-state index in [-0.39, 0.29) is 22.1 Å². The molecule has 0 unspecified atom stereocenters. The van der Waals surface area contributed by atoms with E-state index in [1.54, 1.807) is 24.3 Å². The zero-order valence-corrected chi connectivity index (χ0v) is 20.1. The number of esters is 1. The third-order valence-corrected chi connectivity index (χ3v) is 7.51. The highest BCUT2D eigenvalue weighted by molar-refractivity contribution is 7.89. The monoisotopic (exact) mass is 486 g/mol. The van der Waals surface area contributed by atoms with Crippen LogP contribution in [0.3, 0.4) is 0 Å². The van der Waals surface area contributed by atoms with Gasteiger partial charge in [0.1, 0.15) is 0 Å². The summed E-state index contributed by atoms with van der Waals surface area (Å²) < 4.78 is 32.3. The van der Waals surface area contributed by atoms with E-state index in [0.717, 1.165) is 32.1 Å². The summed E-state index contributed by atoms with van der Waals surface area (Å²) >= 11 is 0. The highest BCUT2D eigenvalue weighted by Crippen LogP contribution is 2.21. The standard InChI is InChI=1S/C25H30N2O6S/c1-2-7-24(29)26-21-12-8-19(9-13-21)23(28)18-33-25(30)20-10-14-22(15-11-20)34(31,32)27-16-5-3-4-6-17-27/h8-15H,2-7,16-18H2,1H3,(H,26,29). The predicted octanol–water partition coefficient (Wildman–Crippen LogP) is 4.03. The molecule has 182 valence electrons. The van der Waals surface area contributed by atoms with Crippen LogP contribution in [0.4, 0.5) is 5.69 Å². The molecule has 8 nitrogen and oxygen atoms in total. The number of Topliss-reactive ketones (excluding diaryl/α,β-unsaturated/α-hetero) is 1. The van der Waals surface area contributed by atoms with Crippen LogP contribution in [0, 0.1) is 0 Å². The minimum absolute atomic E-state index is 0.0965. The molecule has 2 aromatic carbocycles. The minimum Gasteiger partial charge on any atom is -0.454 e. The van der Waals surface area contributed by atoms with Crippen LogP contribution >= 0.6 is 0 Å². The number of hydrogen-bond donors (Lipinski definition) is 1. The van der Waals surface area contributed by atoms with Gasteiger partial charge in [0.05, 0.1) is 10.5 Å².